The molecule has 7 heteroatoms. The van der Waals surface area contributed by atoms with Crippen LogP contribution in [0, 0.1) is 6.92 Å². The highest BCUT2D eigenvalue weighted by Crippen LogP contribution is 2.23. The molecule has 1 N–H and O–H groups in total. The number of benzene rings is 2. The van der Waals surface area contributed by atoms with Crippen molar-refractivity contribution in [3.63, 3.8) is 0 Å². The quantitative estimate of drug-likeness (QED) is 0.730. The van der Waals surface area contributed by atoms with Gasteiger partial charge in [0.05, 0.1) is 18.0 Å². The van der Waals surface area contributed by atoms with Crippen molar-refractivity contribution in [2.75, 3.05) is 35.1 Å². The maximum absolute atomic E-state index is 12.6. The lowest BCUT2D eigenvalue weighted by Gasteiger charge is -2.29. The van der Waals surface area contributed by atoms with Crippen LogP contribution >= 0.6 is 0 Å². The molecule has 0 radical (unpaired) electrons. The Morgan fingerprint density at radius 1 is 1.03 bits per heavy atom. The molecule has 1 atom stereocenters. The Morgan fingerprint density at radius 3 is 2.20 bits per heavy atom. The topological polar surface area (TPSA) is 69.7 Å². The van der Waals surface area contributed by atoms with E-state index in [9.17, 15) is 13.2 Å². The maximum atomic E-state index is 12.6. The Balaban J connectivity index is 1.64. The smallest absolute Gasteiger partial charge is 0.241 e. The molecule has 0 aromatic heterocycles. The van der Waals surface area contributed by atoms with Crippen LogP contribution < -0.4 is 14.5 Å². The summed E-state index contributed by atoms with van der Waals surface area (Å²) < 4.78 is 25.6. The van der Waals surface area contributed by atoms with Crippen LogP contribution in [0.1, 0.15) is 43.4 Å². The molecule has 0 bridgehead atoms. The van der Waals surface area contributed by atoms with Gasteiger partial charge in [-0.15, -0.1) is 0 Å². The van der Waals surface area contributed by atoms with Gasteiger partial charge in [-0.1, -0.05) is 29.8 Å². The normalized spacial score (nSPS) is 15.5. The fraction of sp³-hybridized carbons (Fsp3) is 0.435. The Labute approximate surface area is 179 Å². The van der Waals surface area contributed by atoms with Gasteiger partial charge < -0.3 is 10.2 Å². The molecule has 1 aliphatic heterocycles. The number of nitrogens with zero attached hydrogens (tertiary/aromatic N) is 2. The van der Waals surface area contributed by atoms with Crippen LogP contribution in [0.3, 0.4) is 0 Å². The van der Waals surface area contributed by atoms with Gasteiger partial charge in [-0.2, -0.15) is 0 Å². The third kappa shape index (κ3) is 5.75. The molecule has 1 amide bonds. The van der Waals surface area contributed by atoms with Crippen LogP contribution in [0.15, 0.2) is 48.5 Å². The Morgan fingerprint density at radius 2 is 1.63 bits per heavy atom. The molecule has 3 rings (SSSR count). The minimum Gasteiger partial charge on any atom is -0.372 e. The van der Waals surface area contributed by atoms with E-state index < -0.39 is 10.0 Å². The molecule has 2 aromatic rings. The van der Waals surface area contributed by atoms with Crippen molar-refractivity contribution >= 4 is 27.3 Å². The first-order valence-electron chi connectivity index (χ1n) is 10.4. The number of hydrogen-bond donors (Lipinski definition) is 1. The zero-order chi connectivity index (χ0) is 21.7. The lowest BCUT2D eigenvalue weighted by Crippen LogP contribution is -2.41. The van der Waals surface area contributed by atoms with Crippen molar-refractivity contribution in [1.29, 1.82) is 0 Å². The van der Waals surface area contributed by atoms with Gasteiger partial charge >= 0.3 is 0 Å². The summed E-state index contributed by atoms with van der Waals surface area (Å²) in [5, 5.41) is 2.92. The number of nitrogens with one attached hydrogen (secondary N) is 1. The summed E-state index contributed by atoms with van der Waals surface area (Å²) in [6.45, 7) is 5.76. The molecular formula is C23H31N3O3S. The van der Waals surface area contributed by atoms with Crippen molar-refractivity contribution in [3.05, 3.63) is 59.7 Å². The Kier molecular flexibility index (Phi) is 7.02. The monoisotopic (exact) mass is 429 g/mol. The minimum absolute atomic E-state index is 0.215. The van der Waals surface area contributed by atoms with Gasteiger partial charge in [-0.25, -0.2) is 8.42 Å². The molecule has 0 saturated carbocycles. The zero-order valence-corrected chi connectivity index (χ0v) is 18.8. The molecule has 6 nitrogen and oxygen atoms in total. The van der Waals surface area contributed by atoms with Crippen LogP contribution in [0.2, 0.25) is 0 Å². The number of piperidine rings is 1. The predicted molar refractivity (Wildman–Crippen MR) is 122 cm³/mol. The van der Waals surface area contributed by atoms with Crippen LogP contribution in [0.25, 0.3) is 0 Å². The number of amides is 1. The molecular weight excluding hydrogens is 398 g/mol. The second kappa shape index (κ2) is 9.51. The molecule has 0 aliphatic carbocycles. The number of sulfonamides is 1. The first kappa shape index (κ1) is 22.2. The first-order valence-corrected chi connectivity index (χ1v) is 12.3. The molecule has 162 valence electrons. The van der Waals surface area contributed by atoms with Crippen LogP contribution in [-0.2, 0) is 14.8 Å². The van der Waals surface area contributed by atoms with E-state index in [1.807, 2.05) is 38.1 Å². The number of rotatable bonds is 7. The Hall–Kier alpha value is -2.54. The number of anilines is 2. The predicted octanol–water partition coefficient (Wildman–Crippen LogP) is 3.63. The van der Waals surface area contributed by atoms with Crippen molar-refractivity contribution in [1.82, 2.24) is 5.32 Å². The highest BCUT2D eigenvalue weighted by atomic mass is 32.2. The SMILES string of the molecule is Cc1ccc(N(CC(=O)NC(C)c2ccc(N3CCCCC3)cc2)S(C)(=O)=O)cc1. The number of aryl methyl sites for hydroxylation is 1. The summed E-state index contributed by atoms with van der Waals surface area (Å²) in [6.07, 6.45) is 4.87. The first-order chi connectivity index (χ1) is 14.2. The Bertz CT molecular complexity index is 950. The van der Waals surface area contributed by atoms with Gasteiger partial charge in [0.1, 0.15) is 6.54 Å². The van der Waals surface area contributed by atoms with E-state index in [0.29, 0.717) is 5.69 Å². The van der Waals surface area contributed by atoms with E-state index >= 15 is 0 Å². The van der Waals surface area contributed by atoms with E-state index in [1.54, 1.807) is 12.1 Å². The number of carbonyl (C=O) groups is 1. The molecule has 30 heavy (non-hydrogen) atoms. The maximum Gasteiger partial charge on any atom is 0.241 e. The highest BCUT2D eigenvalue weighted by molar-refractivity contribution is 7.92. The summed E-state index contributed by atoms with van der Waals surface area (Å²) in [6, 6.07) is 15.1. The minimum atomic E-state index is -3.58. The van der Waals surface area contributed by atoms with Gasteiger partial charge in [0.2, 0.25) is 15.9 Å². The van der Waals surface area contributed by atoms with Crippen LogP contribution in [0.4, 0.5) is 11.4 Å². The average molecular weight is 430 g/mol. The summed E-state index contributed by atoms with van der Waals surface area (Å²) in [7, 11) is -3.58. The van der Waals surface area contributed by atoms with E-state index in [-0.39, 0.29) is 18.5 Å². The van der Waals surface area contributed by atoms with Crippen LogP contribution in [-0.4, -0.2) is 40.2 Å². The van der Waals surface area contributed by atoms with E-state index in [0.717, 1.165) is 34.8 Å². The second-order valence-electron chi connectivity index (χ2n) is 8.03. The third-order valence-corrected chi connectivity index (χ3v) is 6.64. The van der Waals surface area contributed by atoms with E-state index in [4.69, 9.17) is 0 Å². The summed E-state index contributed by atoms with van der Waals surface area (Å²) in [5.74, 6) is -0.339. The molecule has 0 spiro atoms. The third-order valence-electron chi connectivity index (χ3n) is 5.50. The number of carbonyl (C=O) groups excluding carboxylic acids is 1. The van der Waals surface area contributed by atoms with E-state index in [1.165, 1.54) is 24.9 Å². The van der Waals surface area contributed by atoms with Crippen LogP contribution in [0.5, 0.6) is 0 Å². The highest BCUT2D eigenvalue weighted by Gasteiger charge is 2.22. The van der Waals surface area contributed by atoms with Crippen molar-refractivity contribution in [2.45, 2.75) is 39.2 Å². The molecule has 2 aromatic carbocycles. The van der Waals surface area contributed by atoms with Gasteiger partial charge in [0.25, 0.3) is 0 Å². The lowest BCUT2D eigenvalue weighted by atomic mass is 10.1. The largest absolute Gasteiger partial charge is 0.372 e. The molecule has 1 heterocycles. The van der Waals surface area contributed by atoms with Crippen molar-refractivity contribution in [2.24, 2.45) is 0 Å². The van der Waals surface area contributed by atoms with Gasteiger partial charge in [-0.3, -0.25) is 9.10 Å². The fourth-order valence-corrected chi connectivity index (χ4v) is 4.59. The molecule has 1 aliphatic rings. The van der Waals surface area contributed by atoms with Gasteiger partial charge in [-0.05, 0) is 62.9 Å². The van der Waals surface area contributed by atoms with Crippen molar-refractivity contribution < 1.29 is 13.2 Å². The van der Waals surface area contributed by atoms with Gasteiger partial charge in [0, 0.05) is 18.8 Å². The fourth-order valence-electron chi connectivity index (χ4n) is 3.74. The van der Waals surface area contributed by atoms with Crippen molar-refractivity contribution in [3.8, 4) is 0 Å². The lowest BCUT2D eigenvalue weighted by molar-refractivity contribution is -0.120. The summed E-state index contributed by atoms with van der Waals surface area (Å²) in [5.41, 5.74) is 3.71. The molecule has 1 saturated heterocycles. The molecule has 1 fully saturated rings. The number of hydrogen-bond acceptors (Lipinski definition) is 4. The summed E-state index contributed by atoms with van der Waals surface area (Å²) >= 11 is 0. The van der Waals surface area contributed by atoms with E-state index in [2.05, 4.69) is 22.3 Å². The second-order valence-corrected chi connectivity index (χ2v) is 9.94. The standard InChI is InChI=1S/C23H31N3O3S/c1-18-7-11-22(12-8-18)26(30(3,28)29)17-23(27)24-19(2)20-9-13-21(14-10-20)25-15-5-4-6-16-25/h7-14,19H,4-6,15-17H2,1-3H3,(H,24,27). The zero-order valence-electron chi connectivity index (χ0n) is 18.0. The molecule has 1 unspecified atom stereocenters. The van der Waals surface area contributed by atoms with Gasteiger partial charge in [0.15, 0.2) is 0 Å². The summed E-state index contributed by atoms with van der Waals surface area (Å²) in [4.78, 5) is 15.0. The average Bonchev–Trinajstić information content (AvgIpc) is 2.73.